The third kappa shape index (κ3) is 4.50. The van der Waals surface area contributed by atoms with Gasteiger partial charge in [0.2, 0.25) is 0 Å². The first-order valence-corrected chi connectivity index (χ1v) is 12.2. The van der Waals surface area contributed by atoms with Gasteiger partial charge >= 0.3 is 0 Å². The Hall–Kier alpha value is -4.32. The maximum absolute atomic E-state index is 14.2. The molecule has 0 unspecified atom stereocenters. The van der Waals surface area contributed by atoms with E-state index in [9.17, 15) is 9.18 Å². The van der Waals surface area contributed by atoms with Gasteiger partial charge in [0.1, 0.15) is 5.82 Å². The van der Waals surface area contributed by atoms with Crippen LogP contribution in [-0.2, 0) is 6.54 Å². The largest absolute Gasteiger partial charge is 0.363 e. The van der Waals surface area contributed by atoms with Crippen LogP contribution in [-0.4, -0.2) is 20.2 Å². The van der Waals surface area contributed by atoms with Crippen LogP contribution in [0.4, 0.5) is 10.2 Å². The molecule has 178 valence electrons. The van der Waals surface area contributed by atoms with Crippen LogP contribution < -0.4 is 5.32 Å². The van der Waals surface area contributed by atoms with Crippen LogP contribution in [0.2, 0.25) is 0 Å². The van der Waals surface area contributed by atoms with Crippen LogP contribution in [0.25, 0.3) is 28.2 Å². The molecular formula is C30H25FN4O. The average Bonchev–Trinajstić information content (AvgIpc) is 3.63. The first kappa shape index (κ1) is 22.2. The third-order valence-corrected chi connectivity index (χ3v) is 6.64. The lowest BCUT2D eigenvalue weighted by molar-refractivity contribution is 0.0976. The molecule has 2 aromatic heterocycles. The highest BCUT2D eigenvalue weighted by atomic mass is 19.1. The summed E-state index contributed by atoms with van der Waals surface area (Å²) < 4.78 is 16.2. The number of hydrogen-bond acceptors (Lipinski definition) is 4. The lowest BCUT2D eigenvalue weighted by atomic mass is 10.0. The number of anilines is 1. The maximum atomic E-state index is 14.2. The first-order valence-electron chi connectivity index (χ1n) is 12.2. The number of nitrogens with zero attached hydrogens (tertiary/aromatic N) is 3. The van der Waals surface area contributed by atoms with Gasteiger partial charge < -0.3 is 5.32 Å². The Labute approximate surface area is 208 Å². The molecule has 36 heavy (non-hydrogen) atoms. The monoisotopic (exact) mass is 476 g/mol. The molecule has 0 bridgehead atoms. The molecular weight excluding hydrogens is 451 g/mol. The average molecular weight is 477 g/mol. The van der Waals surface area contributed by atoms with Crippen LogP contribution in [0, 0.1) is 11.7 Å². The van der Waals surface area contributed by atoms with Crippen molar-refractivity contribution >= 4 is 17.2 Å². The predicted molar refractivity (Wildman–Crippen MR) is 139 cm³/mol. The summed E-state index contributed by atoms with van der Waals surface area (Å²) in [5.74, 6) is 1.08. The van der Waals surface area contributed by atoms with E-state index in [0.717, 1.165) is 40.9 Å². The first-order chi connectivity index (χ1) is 17.7. The van der Waals surface area contributed by atoms with Gasteiger partial charge in [0.25, 0.3) is 0 Å². The number of hydrogen-bond donors (Lipinski definition) is 1. The molecule has 0 spiro atoms. The Morgan fingerprint density at radius 2 is 1.69 bits per heavy atom. The zero-order chi connectivity index (χ0) is 24.5. The fraction of sp³-hybridized carbons (Fsp3) is 0.167. The number of nitrogens with one attached hydrogen (secondary N) is 1. The summed E-state index contributed by atoms with van der Waals surface area (Å²) >= 11 is 0. The van der Waals surface area contributed by atoms with E-state index in [-0.39, 0.29) is 18.1 Å². The Kier molecular flexibility index (Phi) is 5.77. The Morgan fingerprint density at radius 1 is 0.944 bits per heavy atom. The van der Waals surface area contributed by atoms with E-state index >= 15 is 0 Å². The molecule has 0 amide bonds. The molecule has 2 heterocycles. The molecule has 5 aromatic rings. The van der Waals surface area contributed by atoms with Crippen molar-refractivity contribution < 1.29 is 9.18 Å². The van der Waals surface area contributed by atoms with Gasteiger partial charge in [-0.25, -0.2) is 14.4 Å². The molecule has 3 aromatic carbocycles. The van der Waals surface area contributed by atoms with Crippen molar-refractivity contribution in [2.24, 2.45) is 5.92 Å². The molecule has 0 radical (unpaired) electrons. The predicted octanol–water partition coefficient (Wildman–Crippen LogP) is 6.80. The Balaban J connectivity index is 1.38. The fourth-order valence-corrected chi connectivity index (χ4v) is 4.42. The van der Waals surface area contributed by atoms with E-state index in [0.29, 0.717) is 29.4 Å². The zero-order valence-electron chi connectivity index (χ0n) is 19.7. The van der Waals surface area contributed by atoms with Crippen LogP contribution in [0.3, 0.4) is 0 Å². The minimum atomic E-state index is -0.263. The number of carbonyl (C=O) groups excluding carboxylic acids is 1. The van der Waals surface area contributed by atoms with E-state index in [1.54, 1.807) is 18.3 Å². The number of benzene rings is 3. The van der Waals surface area contributed by atoms with Crippen molar-refractivity contribution in [1.82, 2.24) is 14.4 Å². The standard InChI is InChI=1S/C30H25FN4O/c31-25-9-5-4-8-24(25)17-32-29-30-33-18-27(35(30)19-26(34-29)21-6-2-1-3-7-21)22-12-14-23(15-13-22)28(36)16-20-10-11-20/h1-9,12-15,18-20H,10-11,16-17H2,(H,32,34). The molecule has 0 aliphatic heterocycles. The number of Topliss-reactive ketones (excluding diaryl/α,β-unsaturated/α-hetero) is 1. The van der Waals surface area contributed by atoms with Crippen LogP contribution in [0.15, 0.2) is 91.3 Å². The van der Waals surface area contributed by atoms with E-state index in [1.165, 1.54) is 6.07 Å². The van der Waals surface area contributed by atoms with Gasteiger partial charge in [0, 0.05) is 41.4 Å². The number of carbonyl (C=O) groups is 1. The van der Waals surface area contributed by atoms with Gasteiger partial charge in [-0.2, -0.15) is 0 Å². The molecule has 0 atom stereocenters. The van der Waals surface area contributed by atoms with E-state index in [2.05, 4.69) is 10.3 Å². The maximum Gasteiger partial charge on any atom is 0.180 e. The second kappa shape index (κ2) is 9.38. The highest BCUT2D eigenvalue weighted by molar-refractivity contribution is 5.96. The second-order valence-electron chi connectivity index (χ2n) is 9.27. The van der Waals surface area contributed by atoms with Crippen molar-refractivity contribution in [3.63, 3.8) is 0 Å². The van der Waals surface area contributed by atoms with Crippen molar-refractivity contribution in [2.75, 3.05) is 5.32 Å². The topological polar surface area (TPSA) is 59.3 Å². The van der Waals surface area contributed by atoms with Crippen molar-refractivity contribution in [3.8, 4) is 22.5 Å². The van der Waals surface area contributed by atoms with Gasteiger partial charge in [-0.3, -0.25) is 9.20 Å². The molecule has 1 saturated carbocycles. The van der Waals surface area contributed by atoms with Crippen molar-refractivity contribution in [2.45, 2.75) is 25.8 Å². The number of rotatable bonds is 8. The minimum Gasteiger partial charge on any atom is -0.363 e. The number of ketones is 1. The summed E-state index contributed by atoms with van der Waals surface area (Å²) in [4.78, 5) is 22.0. The van der Waals surface area contributed by atoms with Gasteiger partial charge in [0.05, 0.1) is 17.6 Å². The van der Waals surface area contributed by atoms with Crippen LogP contribution in [0.5, 0.6) is 0 Å². The van der Waals surface area contributed by atoms with Gasteiger partial charge in [0.15, 0.2) is 17.2 Å². The fourth-order valence-electron chi connectivity index (χ4n) is 4.42. The van der Waals surface area contributed by atoms with Crippen molar-refractivity contribution in [1.29, 1.82) is 0 Å². The van der Waals surface area contributed by atoms with E-state index < -0.39 is 0 Å². The van der Waals surface area contributed by atoms with E-state index in [4.69, 9.17) is 4.98 Å². The molecule has 6 heteroatoms. The van der Waals surface area contributed by atoms with Crippen LogP contribution >= 0.6 is 0 Å². The lowest BCUT2D eigenvalue weighted by Crippen LogP contribution is -2.06. The SMILES string of the molecule is O=C(CC1CC1)c1ccc(-c2cnc3c(NCc4ccccc4F)nc(-c4ccccc4)cn23)cc1. The molecule has 5 nitrogen and oxygen atoms in total. The Morgan fingerprint density at radius 3 is 2.44 bits per heavy atom. The number of fused-ring (bicyclic) bond motifs is 1. The third-order valence-electron chi connectivity index (χ3n) is 6.64. The summed E-state index contributed by atoms with van der Waals surface area (Å²) in [6, 6.07) is 24.4. The highest BCUT2D eigenvalue weighted by Crippen LogP contribution is 2.34. The number of aromatic nitrogens is 3. The van der Waals surface area contributed by atoms with Crippen molar-refractivity contribution in [3.05, 3.63) is 108 Å². The lowest BCUT2D eigenvalue weighted by Gasteiger charge is -2.12. The molecule has 6 rings (SSSR count). The van der Waals surface area contributed by atoms with Gasteiger partial charge in [-0.05, 0) is 24.8 Å². The molecule has 1 fully saturated rings. The zero-order valence-corrected chi connectivity index (χ0v) is 19.7. The normalized spacial score (nSPS) is 13.1. The molecule has 1 N–H and O–H groups in total. The summed E-state index contributed by atoms with van der Waals surface area (Å²) in [5.41, 5.74) is 5.54. The quantitative estimate of drug-likeness (QED) is 0.250. The molecule has 1 aliphatic carbocycles. The second-order valence-corrected chi connectivity index (χ2v) is 9.27. The summed E-state index contributed by atoms with van der Waals surface area (Å²) in [6.07, 6.45) is 6.74. The molecule has 1 aliphatic rings. The molecule has 0 saturated heterocycles. The van der Waals surface area contributed by atoms with Gasteiger partial charge in [-0.15, -0.1) is 0 Å². The highest BCUT2D eigenvalue weighted by Gasteiger charge is 2.25. The van der Waals surface area contributed by atoms with Crippen LogP contribution in [0.1, 0.15) is 35.2 Å². The van der Waals surface area contributed by atoms with E-state index in [1.807, 2.05) is 71.3 Å². The summed E-state index contributed by atoms with van der Waals surface area (Å²) in [7, 11) is 0. The summed E-state index contributed by atoms with van der Waals surface area (Å²) in [5, 5.41) is 3.29. The summed E-state index contributed by atoms with van der Waals surface area (Å²) in [6.45, 7) is 0.285. The minimum absolute atomic E-state index is 0.206. The Bertz CT molecular complexity index is 1540. The number of halogens is 1. The smallest absolute Gasteiger partial charge is 0.180 e. The number of imidazole rings is 1. The van der Waals surface area contributed by atoms with Gasteiger partial charge in [-0.1, -0.05) is 72.8 Å².